The van der Waals surface area contributed by atoms with E-state index in [4.69, 9.17) is 9.47 Å². The van der Waals surface area contributed by atoms with Crippen molar-refractivity contribution in [2.24, 2.45) is 0 Å². The third-order valence-corrected chi connectivity index (χ3v) is 2.76. The second kappa shape index (κ2) is 2.00. The number of rotatable bonds is 0. The van der Waals surface area contributed by atoms with E-state index in [0.717, 1.165) is 15.3 Å². The summed E-state index contributed by atoms with van der Waals surface area (Å²) in [6.07, 6.45) is 0. The Morgan fingerprint density at radius 3 is 3.00 bits per heavy atom. The van der Waals surface area contributed by atoms with E-state index in [9.17, 15) is 0 Å². The van der Waals surface area contributed by atoms with Crippen LogP contribution in [0.15, 0.2) is 21.7 Å². The molecule has 0 spiro atoms. The summed E-state index contributed by atoms with van der Waals surface area (Å²) in [4.78, 5) is 0. The second-order valence-electron chi connectivity index (χ2n) is 1.78. The fraction of sp³-hybridized carbons (Fsp3) is 0. The molecule has 0 amide bonds. The molecule has 0 N–H and O–H groups in total. The van der Waals surface area contributed by atoms with Crippen molar-refractivity contribution in [3.63, 3.8) is 0 Å². The van der Waals surface area contributed by atoms with Crippen LogP contribution in [0.4, 0.5) is 0 Å². The van der Waals surface area contributed by atoms with Gasteiger partial charge in [0.1, 0.15) is 3.79 Å². The molecule has 4 heteroatoms. The zero-order chi connectivity index (χ0) is 7.14. The van der Waals surface area contributed by atoms with Gasteiger partial charge in [-0.2, -0.15) is 0 Å². The Bertz CT molecular complexity index is 292. The van der Waals surface area contributed by atoms with E-state index in [2.05, 4.69) is 22.5 Å². The number of hydrogen-bond acceptors (Lipinski definition) is 3. The van der Waals surface area contributed by atoms with Crippen LogP contribution < -0.4 is 9.47 Å². The third kappa shape index (κ3) is 0.759. The van der Waals surface area contributed by atoms with Crippen molar-refractivity contribution in [3.05, 3.63) is 21.7 Å². The average Bonchev–Trinajstić information content (AvgIpc) is 2.35. The minimum absolute atomic E-state index is 0.346. The summed E-state index contributed by atoms with van der Waals surface area (Å²) in [5, 5.41) is 1.87. The van der Waals surface area contributed by atoms with Crippen LogP contribution in [0.1, 0.15) is 0 Å². The van der Waals surface area contributed by atoms with Gasteiger partial charge in [-0.25, -0.2) is 0 Å². The molecular formula is C6H3BrO2S. The summed E-state index contributed by atoms with van der Waals surface area (Å²) in [7, 11) is 0. The Balaban J connectivity index is 2.53. The maximum absolute atomic E-state index is 5.12. The SMILES string of the molecule is C=C1Oc2csc(Br)c2O1. The van der Waals surface area contributed by atoms with Crippen LogP contribution in [0, 0.1) is 0 Å². The van der Waals surface area contributed by atoms with Crippen molar-refractivity contribution < 1.29 is 9.47 Å². The van der Waals surface area contributed by atoms with Crippen molar-refractivity contribution in [1.82, 2.24) is 0 Å². The van der Waals surface area contributed by atoms with Crippen LogP contribution in [0.2, 0.25) is 0 Å². The second-order valence-corrected chi connectivity index (χ2v) is 3.98. The highest BCUT2D eigenvalue weighted by atomic mass is 79.9. The fourth-order valence-electron chi connectivity index (χ4n) is 0.727. The van der Waals surface area contributed by atoms with Crippen molar-refractivity contribution in [3.8, 4) is 11.5 Å². The summed E-state index contributed by atoms with van der Waals surface area (Å²) in [5.41, 5.74) is 0. The highest BCUT2D eigenvalue weighted by Gasteiger charge is 2.21. The molecule has 0 unspecified atom stereocenters. The van der Waals surface area contributed by atoms with Crippen molar-refractivity contribution in [2.45, 2.75) is 0 Å². The van der Waals surface area contributed by atoms with Gasteiger partial charge in [0.15, 0.2) is 11.5 Å². The molecule has 1 aromatic heterocycles. The van der Waals surface area contributed by atoms with Crippen LogP contribution in [-0.2, 0) is 0 Å². The topological polar surface area (TPSA) is 18.5 Å². The quantitative estimate of drug-likeness (QED) is 0.667. The predicted molar refractivity (Wildman–Crippen MR) is 42.4 cm³/mol. The minimum atomic E-state index is 0.346. The molecule has 0 saturated carbocycles. The molecule has 0 fully saturated rings. The van der Waals surface area contributed by atoms with Gasteiger partial charge in [0.2, 0.25) is 0 Å². The summed E-state index contributed by atoms with van der Waals surface area (Å²) in [6, 6.07) is 0. The Labute approximate surface area is 70.2 Å². The van der Waals surface area contributed by atoms with Crippen molar-refractivity contribution in [2.75, 3.05) is 0 Å². The Hall–Kier alpha value is -0.480. The standard InChI is InChI=1S/C6H3BrO2S/c1-3-8-4-2-10-6(7)5(4)9-3/h2H,1H2. The number of halogens is 1. The molecule has 2 heterocycles. The van der Waals surface area contributed by atoms with E-state index >= 15 is 0 Å². The summed E-state index contributed by atoms with van der Waals surface area (Å²) in [6.45, 7) is 3.52. The van der Waals surface area contributed by atoms with Gasteiger partial charge in [-0.3, -0.25) is 0 Å². The van der Waals surface area contributed by atoms with Gasteiger partial charge in [0, 0.05) is 5.38 Å². The maximum Gasteiger partial charge on any atom is 0.283 e. The van der Waals surface area contributed by atoms with Crippen molar-refractivity contribution in [1.29, 1.82) is 0 Å². The highest BCUT2D eigenvalue weighted by molar-refractivity contribution is 9.11. The van der Waals surface area contributed by atoms with Gasteiger partial charge < -0.3 is 9.47 Å². The van der Waals surface area contributed by atoms with Gasteiger partial charge in [-0.1, -0.05) is 0 Å². The Morgan fingerprint density at radius 2 is 2.30 bits per heavy atom. The molecule has 0 aromatic carbocycles. The van der Waals surface area contributed by atoms with Crippen LogP contribution >= 0.6 is 27.3 Å². The number of hydrogen-bond donors (Lipinski definition) is 0. The third-order valence-electron chi connectivity index (χ3n) is 1.11. The number of thiophene rings is 1. The first kappa shape index (κ1) is 6.24. The van der Waals surface area contributed by atoms with E-state index in [1.807, 2.05) is 5.38 Å². The number of ether oxygens (including phenoxy) is 2. The summed E-state index contributed by atoms with van der Waals surface area (Å²) >= 11 is 4.85. The Morgan fingerprint density at radius 1 is 1.50 bits per heavy atom. The lowest BCUT2D eigenvalue weighted by molar-refractivity contribution is 0.289. The largest absolute Gasteiger partial charge is 0.421 e. The van der Waals surface area contributed by atoms with Gasteiger partial charge in [-0.05, 0) is 22.5 Å². The molecule has 0 aliphatic carbocycles. The maximum atomic E-state index is 5.12. The summed E-state index contributed by atoms with van der Waals surface area (Å²) < 4.78 is 11.2. The first-order valence-corrected chi connectivity index (χ1v) is 4.26. The molecule has 0 radical (unpaired) electrons. The normalized spacial score (nSPS) is 14.3. The van der Waals surface area contributed by atoms with Crippen LogP contribution in [0.3, 0.4) is 0 Å². The summed E-state index contributed by atoms with van der Waals surface area (Å²) in [5.74, 6) is 1.84. The van der Waals surface area contributed by atoms with Crippen LogP contribution in [-0.4, -0.2) is 0 Å². The van der Waals surface area contributed by atoms with E-state index < -0.39 is 0 Å². The molecule has 1 aliphatic rings. The lowest BCUT2D eigenvalue weighted by Crippen LogP contribution is -1.89. The Kier molecular flexibility index (Phi) is 1.25. The van der Waals surface area contributed by atoms with E-state index in [1.165, 1.54) is 11.3 Å². The monoisotopic (exact) mass is 218 g/mol. The predicted octanol–water partition coefficient (Wildman–Crippen LogP) is 2.75. The number of fused-ring (bicyclic) bond motifs is 1. The van der Waals surface area contributed by atoms with E-state index in [1.54, 1.807) is 0 Å². The molecule has 1 aromatic rings. The zero-order valence-electron chi connectivity index (χ0n) is 4.89. The van der Waals surface area contributed by atoms with Gasteiger partial charge in [0.25, 0.3) is 5.95 Å². The zero-order valence-corrected chi connectivity index (χ0v) is 7.29. The molecule has 0 atom stereocenters. The molecule has 52 valence electrons. The molecule has 1 aliphatic heterocycles. The molecule has 0 bridgehead atoms. The van der Waals surface area contributed by atoms with Gasteiger partial charge in [0.05, 0.1) is 0 Å². The van der Waals surface area contributed by atoms with Crippen LogP contribution in [0.5, 0.6) is 11.5 Å². The minimum Gasteiger partial charge on any atom is -0.421 e. The van der Waals surface area contributed by atoms with Gasteiger partial charge in [-0.15, -0.1) is 11.3 Å². The van der Waals surface area contributed by atoms with Crippen LogP contribution in [0.25, 0.3) is 0 Å². The lowest BCUT2D eigenvalue weighted by atomic mass is 10.6. The van der Waals surface area contributed by atoms with Gasteiger partial charge >= 0.3 is 0 Å². The first-order chi connectivity index (χ1) is 4.77. The smallest absolute Gasteiger partial charge is 0.283 e. The fourth-order valence-corrected chi connectivity index (χ4v) is 1.90. The molecular weight excluding hydrogens is 216 g/mol. The molecule has 10 heavy (non-hydrogen) atoms. The molecule has 0 saturated heterocycles. The first-order valence-electron chi connectivity index (χ1n) is 2.59. The average molecular weight is 219 g/mol. The lowest BCUT2D eigenvalue weighted by Gasteiger charge is -1.91. The van der Waals surface area contributed by atoms with E-state index in [-0.39, 0.29) is 0 Å². The highest BCUT2D eigenvalue weighted by Crippen LogP contribution is 2.46. The molecule has 2 rings (SSSR count). The van der Waals surface area contributed by atoms with E-state index in [0.29, 0.717) is 5.95 Å². The molecule has 2 nitrogen and oxygen atoms in total. The van der Waals surface area contributed by atoms with Crippen molar-refractivity contribution >= 4 is 27.3 Å².